The van der Waals surface area contributed by atoms with Crippen molar-refractivity contribution in [3.05, 3.63) is 45.9 Å². The first-order chi connectivity index (χ1) is 11.7. The van der Waals surface area contributed by atoms with Gasteiger partial charge in [0, 0.05) is 24.0 Å². The van der Waals surface area contributed by atoms with Gasteiger partial charge in [-0.3, -0.25) is 4.79 Å². The number of aryl methyl sites for hydroxylation is 1. The molecule has 0 unspecified atom stereocenters. The summed E-state index contributed by atoms with van der Waals surface area (Å²) < 4.78 is 5.77. The molecule has 1 aromatic carbocycles. The van der Waals surface area contributed by atoms with Crippen LogP contribution in [0.15, 0.2) is 29.6 Å². The lowest BCUT2D eigenvalue weighted by Gasteiger charge is -2.31. The molecule has 0 saturated carbocycles. The molecule has 24 heavy (non-hydrogen) atoms. The van der Waals surface area contributed by atoms with Crippen LogP contribution in [0.25, 0.3) is 0 Å². The quantitative estimate of drug-likeness (QED) is 0.905. The van der Waals surface area contributed by atoms with E-state index in [2.05, 4.69) is 4.98 Å². The molecule has 0 radical (unpaired) electrons. The second-order valence-electron chi connectivity index (χ2n) is 6.15. The number of rotatable bonds is 5. The van der Waals surface area contributed by atoms with Gasteiger partial charge < -0.3 is 15.4 Å². The fraction of sp³-hybridized carbons (Fsp3) is 0.444. The zero-order valence-corrected chi connectivity index (χ0v) is 14.7. The van der Waals surface area contributed by atoms with E-state index >= 15 is 0 Å². The molecular formula is C18H23N3O2S. The number of carbonyl (C=O) groups is 1. The Balaban J connectivity index is 1.61. The maximum absolute atomic E-state index is 12.7. The zero-order valence-electron chi connectivity index (χ0n) is 13.9. The first kappa shape index (κ1) is 16.9. The highest BCUT2D eigenvalue weighted by Crippen LogP contribution is 2.21. The number of benzene rings is 1. The van der Waals surface area contributed by atoms with Crippen molar-refractivity contribution in [3.63, 3.8) is 0 Å². The van der Waals surface area contributed by atoms with E-state index in [0.29, 0.717) is 30.4 Å². The van der Waals surface area contributed by atoms with E-state index in [1.54, 1.807) is 11.3 Å². The topological polar surface area (TPSA) is 68.5 Å². The predicted octanol–water partition coefficient (Wildman–Crippen LogP) is 2.84. The lowest BCUT2D eigenvalue weighted by Crippen LogP contribution is -2.40. The molecule has 2 aromatic rings. The molecule has 2 heterocycles. The van der Waals surface area contributed by atoms with Crippen molar-refractivity contribution in [1.29, 1.82) is 0 Å². The monoisotopic (exact) mass is 345 g/mol. The third kappa shape index (κ3) is 4.13. The van der Waals surface area contributed by atoms with Gasteiger partial charge >= 0.3 is 0 Å². The Kier molecular flexibility index (Phi) is 5.48. The van der Waals surface area contributed by atoms with Crippen LogP contribution >= 0.6 is 11.3 Å². The van der Waals surface area contributed by atoms with Crippen molar-refractivity contribution >= 4 is 17.2 Å². The molecule has 1 amide bonds. The molecule has 1 fully saturated rings. The van der Waals surface area contributed by atoms with Crippen molar-refractivity contribution < 1.29 is 9.53 Å². The van der Waals surface area contributed by atoms with Gasteiger partial charge in [0.2, 0.25) is 0 Å². The first-order valence-corrected chi connectivity index (χ1v) is 9.17. The average molecular weight is 345 g/mol. The average Bonchev–Trinajstić information content (AvgIpc) is 3.05. The summed E-state index contributed by atoms with van der Waals surface area (Å²) in [5.74, 6) is 1.31. The normalized spacial score (nSPS) is 15.5. The largest absolute Gasteiger partial charge is 0.487 e. The van der Waals surface area contributed by atoms with Crippen molar-refractivity contribution in [1.82, 2.24) is 9.88 Å². The van der Waals surface area contributed by atoms with Gasteiger partial charge in [0.25, 0.3) is 5.91 Å². The Hall–Kier alpha value is -1.92. The molecule has 0 atom stereocenters. The SMILES string of the molecule is Cc1nc(COc2cccc(C(=O)N3CCC(CN)CC3)c2)cs1. The summed E-state index contributed by atoms with van der Waals surface area (Å²) in [4.78, 5) is 18.9. The number of nitrogens with two attached hydrogens (primary N) is 1. The fourth-order valence-corrected chi connectivity index (χ4v) is 3.50. The van der Waals surface area contributed by atoms with Crippen LogP contribution in [0.5, 0.6) is 5.75 Å². The highest BCUT2D eigenvalue weighted by molar-refractivity contribution is 7.09. The van der Waals surface area contributed by atoms with Gasteiger partial charge in [-0.25, -0.2) is 4.98 Å². The molecule has 0 spiro atoms. The number of carbonyl (C=O) groups excluding carboxylic acids is 1. The van der Waals surface area contributed by atoms with Gasteiger partial charge in [-0.1, -0.05) is 6.07 Å². The number of thiazole rings is 1. The third-order valence-electron chi connectivity index (χ3n) is 4.37. The Labute approximate surface area is 146 Å². The predicted molar refractivity (Wildman–Crippen MR) is 95.3 cm³/mol. The van der Waals surface area contributed by atoms with E-state index in [-0.39, 0.29) is 5.91 Å². The number of hydrogen-bond donors (Lipinski definition) is 1. The smallest absolute Gasteiger partial charge is 0.253 e. The van der Waals surface area contributed by atoms with E-state index in [9.17, 15) is 4.79 Å². The molecule has 6 heteroatoms. The maximum atomic E-state index is 12.7. The van der Waals surface area contributed by atoms with E-state index in [4.69, 9.17) is 10.5 Å². The summed E-state index contributed by atoms with van der Waals surface area (Å²) in [6.07, 6.45) is 1.98. The molecular weight excluding hydrogens is 322 g/mol. The van der Waals surface area contributed by atoms with Crippen molar-refractivity contribution in [3.8, 4) is 5.75 Å². The summed E-state index contributed by atoms with van der Waals surface area (Å²) in [7, 11) is 0. The summed E-state index contributed by atoms with van der Waals surface area (Å²) in [6, 6.07) is 7.39. The summed E-state index contributed by atoms with van der Waals surface area (Å²) in [5, 5.41) is 3.02. The molecule has 2 N–H and O–H groups in total. The number of piperidine rings is 1. The van der Waals surface area contributed by atoms with Gasteiger partial charge in [0.1, 0.15) is 12.4 Å². The van der Waals surface area contributed by atoms with E-state index in [0.717, 1.165) is 36.6 Å². The van der Waals surface area contributed by atoms with Crippen LogP contribution < -0.4 is 10.5 Å². The van der Waals surface area contributed by atoms with E-state index in [1.807, 2.05) is 41.5 Å². The van der Waals surface area contributed by atoms with Crippen LogP contribution in [-0.4, -0.2) is 35.4 Å². The first-order valence-electron chi connectivity index (χ1n) is 8.29. The number of aromatic nitrogens is 1. The van der Waals surface area contributed by atoms with Crippen molar-refractivity contribution in [2.45, 2.75) is 26.4 Å². The zero-order chi connectivity index (χ0) is 16.9. The highest BCUT2D eigenvalue weighted by atomic mass is 32.1. The standard InChI is InChI=1S/C18H23N3O2S/c1-13-20-16(12-24-13)11-23-17-4-2-3-15(9-17)18(22)21-7-5-14(10-19)6-8-21/h2-4,9,12,14H,5-8,10-11,19H2,1H3. The van der Waals surface area contributed by atoms with Gasteiger partial charge in [0.15, 0.2) is 0 Å². The lowest BCUT2D eigenvalue weighted by molar-refractivity contribution is 0.0693. The Morgan fingerprint density at radius 1 is 1.42 bits per heavy atom. The molecule has 3 rings (SSSR count). The van der Waals surface area contributed by atoms with Crippen molar-refractivity contribution in [2.75, 3.05) is 19.6 Å². The van der Waals surface area contributed by atoms with E-state index < -0.39 is 0 Å². The Morgan fingerprint density at radius 3 is 2.88 bits per heavy atom. The third-order valence-corrected chi connectivity index (χ3v) is 5.19. The number of likely N-dealkylation sites (tertiary alicyclic amines) is 1. The van der Waals surface area contributed by atoms with Crippen LogP contribution in [0.2, 0.25) is 0 Å². The molecule has 128 valence electrons. The molecule has 0 bridgehead atoms. The number of ether oxygens (including phenoxy) is 1. The number of amides is 1. The van der Waals surface area contributed by atoms with Gasteiger partial charge in [-0.15, -0.1) is 11.3 Å². The molecule has 1 saturated heterocycles. The lowest BCUT2D eigenvalue weighted by atomic mass is 9.96. The Morgan fingerprint density at radius 2 is 2.21 bits per heavy atom. The second-order valence-corrected chi connectivity index (χ2v) is 7.21. The summed E-state index contributed by atoms with van der Waals surface area (Å²) in [6.45, 7) is 4.67. The number of nitrogens with zero attached hydrogens (tertiary/aromatic N) is 2. The summed E-state index contributed by atoms with van der Waals surface area (Å²) in [5.41, 5.74) is 7.30. The van der Waals surface area contributed by atoms with E-state index in [1.165, 1.54) is 0 Å². The fourth-order valence-electron chi connectivity index (χ4n) is 2.91. The van der Waals surface area contributed by atoms with Gasteiger partial charge in [-0.05, 0) is 50.4 Å². The van der Waals surface area contributed by atoms with Crippen molar-refractivity contribution in [2.24, 2.45) is 11.7 Å². The minimum atomic E-state index is 0.0698. The summed E-state index contributed by atoms with van der Waals surface area (Å²) >= 11 is 1.61. The van der Waals surface area contributed by atoms with Gasteiger partial charge in [0.05, 0.1) is 10.7 Å². The molecule has 5 nitrogen and oxygen atoms in total. The molecule has 1 aliphatic rings. The Bertz CT molecular complexity index is 693. The molecule has 1 aromatic heterocycles. The maximum Gasteiger partial charge on any atom is 0.253 e. The van der Waals surface area contributed by atoms with Crippen LogP contribution in [0, 0.1) is 12.8 Å². The highest BCUT2D eigenvalue weighted by Gasteiger charge is 2.23. The van der Waals surface area contributed by atoms with Crippen LogP contribution in [0.3, 0.4) is 0 Å². The van der Waals surface area contributed by atoms with Gasteiger partial charge in [-0.2, -0.15) is 0 Å². The molecule has 1 aliphatic heterocycles. The second kappa shape index (κ2) is 7.77. The van der Waals surface area contributed by atoms with Crippen LogP contribution in [-0.2, 0) is 6.61 Å². The minimum Gasteiger partial charge on any atom is -0.487 e. The van der Waals surface area contributed by atoms with Crippen LogP contribution in [0.4, 0.5) is 0 Å². The number of hydrogen-bond acceptors (Lipinski definition) is 5. The minimum absolute atomic E-state index is 0.0698. The molecule has 0 aliphatic carbocycles. The van der Waals surface area contributed by atoms with Crippen LogP contribution in [0.1, 0.15) is 33.9 Å².